The van der Waals surface area contributed by atoms with E-state index in [1.54, 1.807) is 0 Å². The Balaban J connectivity index is 1.77. The highest BCUT2D eigenvalue weighted by molar-refractivity contribution is 6.30. The van der Waals surface area contributed by atoms with Gasteiger partial charge in [0.05, 0.1) is 11.5 Å². The molecule has 0 aliphatic carbocycles. The van der Waals surface area contributed by atoms with Gasteiger partial charge in [0, 0.05) is 16.3 Å². The molecule has 3 aromatic rings. The second-order valence-corrected chi connectivity index (χ2v) is 7.83. The Morgan fingerprint density at radius 1 is 1.23 bits per heavy atom. The zero-order chi connectivity index (χ0) is 21.3. The summed E-state index contributed by atoms with van der Waals surface area (Å²) in [7, 11) is 0. The van der Waals surface area contributed by atoms with Gasteiger partial charge >= 0.3 is 0 Å². The average Bonchev–Trinajstić information content (AvgIpc) is 3.16. The lowest BCUT2D eigenvalue weighted by Gasteiger charge is -2.26. The summed E-state index contributed by atoms with van der Waals surface area (Å²) in [6, 6.07) is 17.4. The number of aromatic nitrogens is 2. The van der Waals surface area contributed by atoms with E-state index in [0.717, 1.165) is 22.4 Å². The van der Waals surface area contributed by atoms with Gasteiger partial charge in [0.15, 0.2) is 0 Å². The van der Waals surface area contributed by atoms with E-state index in [9.17, 15) is 5.26 Å². The number of hydrogen-bond acceptors (Lipinski definition) is 5. The van der Waals surface area contributed by atoms with Gasteiger partial charge in [0.25, 0.3) is 0 Å². The molecule has 0 saturated carbocycles. The van der Waals surface area contributed by atoms with Crippen molar-refractivity contribution in [3.05, 3.63) is 87.4 Å². The fourth-order valence-corrected chi connectivity index (χ4v) is 3.74. The number of nitrogens with zero attached hydrogens (tertiary/aromatic N) is 2. The standard InChI is InChI=1S/C23H21ClN4O2/c1-13(2)21-20-19(17(11-25)22(26)30-23(20)28-27-21)16-5-3-4-6-18(16)29-12-14-7-9-15(24)10-8-14/h3-10,13,19H,12,26H2,1-2H3,(H,27,28). The normalized spacial score (nSPS) is 15.5. The van der Waals surface area contributed by atoms with Crippen LogP contribution in [0.15, 0.2) is 60.0 Å². The van der Waals surface area contributed by atoms with Crippen LogP contribution in [0.1, 0.15) is 48.1 Å². The number of aromatic amines is 1. The van der Waals surface area contributed by atoms with Crippen LogP contribution in [-0.2, 0) is 6.61 Å². The predicted molar refractivity (Wildman–Crippen MR) is 114 cm³/mol. The third kappa shape index (κ3) is 3.60. The first-order chi connectivity index (χ1) is 14.5. The molecule has 0 fully saturated rings. The number of benzene rings is 2. The van der Waals surface area contributed by atoms with Gasteiger partial charge < -0.3 is 15.2 Å². The second kappa shape index (κ2) is 8.13. The molecular weight excluding hydrogens is 400 g/mol. The van der Waals surface area contributed by atoms with Crippen molar-refractivity contribution in [3.63, 3.8) is 0 Å². The third-order valence-corrected chi connectivity index (χ3v) is 5.34. The number of nitrogens with one attached hydrogen (secondary N) is 1. The van der Waals surface area contributed by atoms with Gasteiger partial charge in [-0.3, -0.25) is 5.10 Å². The van der Waals surface area contributed by atoms with Gasteiger partial charge in [-0.25, -0.2) is 0 Å². The van der Waals surface area contributed by atoms with Crippen LogP contribution < -0.4 is 15.2 Å². The minimum absolute atomic E-state index is 0.0595. The van der Waals surface area contributed by atoms with Crippen LogP contribution >= 0.6 is 11.6 Å². The lowest BCUT2D eigenvalue weighted by atomic mass is 9.82. The Morgan fingerprint density at radius 3 is 2.67 bits per heavy atom. The summed E-state index contributed by atoms with van der Waals surface area (Å²) in [4.78, 5) is 0. The highest BCUT2D eigenvalue weighted by Crippen LogP contribution is 2.46. The molecule has 1 atom stereocenters. The molecule has 7 heteroatoms. The van der Waals surface area contributed by atoms with Crippen LogP contribution in [0.5, 0.6) is 11.6 Å². The van der Waals surface area contributed by atoms with E-state index >= 15 is 0 Å². The number of nitriles is 1. The fourth-order valence-electron chi connectivity index (χ4n) is 3.61. The Hall–Kier alpha value is -3.43. The molecule has 6 nitrogen and oxygen atoms in total. The second-order valence-electron chi connectivity index (χ2n) is 7.39. The summed E-state index contributed by atoms with van der Waals surface area (Å²) in [5, 5.41) is 17.9. The SMILES string of the molecule is CC(C)c1[nH]nc2c1C(c1ccccc1OCc1ccc(Cl)cc1)C(C#N)=C(N)O2. The monoisotopic (exact) mass is 420 g/mol. The highest BCUT2D eigenvalue weighted by atomic mass is 35.5. The number of allylic oxidation sites excluding steroid dienone is 1. The number of nitrogens with two attached hydrogens (primary N) is 1. The molecule has 1 aromatic heterocycles. The van der Waals surface area contributed by atoms with Gasteiger partial charge in [-0.15, -0.1) is 5.10 Å². The van der Waals surface area contributed by atoms with Crippen LogP contribution in [0.2, 0.25) is 5.02 Å². The molecule has 1 aliphatic rings. The Kier molecular flexibility index (Phi) is 5.39. The molecule has 2 aromatic carbocycles. The van der Waals surface area contributed by atoms with Crippen molar-refractivity contribution < 1.29 is 9.47 Å². The van der Waals surface area contributed by atoms with Crippen molar-refractivity contribution in [3.8, 4) is 17.7 Å². The molecule has 0 radical (unpaired) electrons. The minimum Gasteiger partial charge on any atom is -0.489 e. The topological polar surface area (TPSA) is 97.0 Å². The molecule has 3 N–H and O–H groups in total. The number of halogens is 1. The maximum absolute atomic E-state index is 9.86. The summed E-state index contributed by atoms with van der Waals surface area (Å²) in [6.45, 7) is 4.48. The first-order valence-corrected chi connectivity index (χ1v) is 9.99. The zero-order valence-corrected chi connectivity index (χ0v) is 17.4. The number of fused-ring (bicyclic) bond motifs is 1. The number of rotatable bonds is 5. The van der Waals surface area contributed by atoms with Crippen LogP contribution in [0.25, 0.3) is 0 Å². The average molecular weight is 421 g/mol. The molecule has 0 spiro atoms. The molecule has 0 bridgehead atoms. The van der Waals surface area contributed by atoms with E-state index in [1.807, 2.05) is 48.5 Å². The Bertz CT molecular complexity index is 1140. The molecule has 2 heterocycles. The van der Waals surface area contributed by atoms with E-state index in [0.29, 0.717) is 28.8 Å². The number of H-pyrrole nitrogens is 1. The van der Waals surface area contributed by atoms with Crippen LogP contribution in [0.3, 0.4) is 0 Å². The lowest BCUT2D eigenvalue weighted by molar-refractivity contribution is 0.301. The van der Waals surface area contributed by atoms with Crippen molar-refractivity contribution >= 4 is 11.6 Å². The van der Waals surface area contributed by atoms with E-state index < -0.39 is 5.92 Å². The highest BCUT2D eigenvalue weighted by Gasteiger charge is 2.37. The molecule has 0 amide bonds. The quantitative estimate of drug-likeness (QED) is 0.606. The summed E-state index contributed by atoms with van der Waals surface area (Å²) in [6.07, 6.45) is 0. The van der Waals surface area contributed by atoms with Crippen molar-refractivity contribution in [2.45, 2.75) is 32.3 Å². The van der Waals surface area contributed by atoms with Crippen LogP contribution in [0.4, 0.5) is 0 Å². The Morgan fingerprint density at radius 2 is 1.97 bits per heavy atom. The van der Waals surface area contributed by atoms with Crippen molar-refractivity contribution in [2.75, 3.05) is 0 Å². The van der Waals surface area contributed by atoms with E-state index in [4.69, 9.17) is 26.8 Å². The van der Waals surface area contributed by atoms with Gasteiger partial charge in [0.2, 0.25) is 11.8 Å². The summed E-state index contributed by atoms with van der Waals surface area (Å²) in [5.74, 6) is 0.851. The van der Waals surface area contributed by atoms with E-state index in [-0.39, 0.29) is 11.8 Å². The summed E-state index contributed by atoms with van der Waals surface area (Å²) >= 11 is 5.97. The smallest absolute Gasteiger partial charge is 0.244 e. The Labute approximate surface area is 179 Å². The molecule has 152 valence electrons. The van der Waals surface area contributed by atoms with Crippen LogP contribution in [0, 0.1) is 11.3 Å². The van der Waals surface area contributed by atoms with Crippen molar-refractivity contribution in [1.82, 2.24) is 10.2 Å². The van der Waals surface area contributed by atoms with Gasteiger partial charge in [0.1, 0.15) is 24.0 Å². The molecule has 1 aliphatic heterocycles. The number of ether oxygens (including phenoxy) is 2. The van der Waals surface area contributed by atoms with Gasteiger partial charge in [-0.1, -0.05) is 55.8 Å². The maximum atomic E-state index is 9.86. The van der Waals surface area contributed by atoms with Crippen molar-refractivity contribution in [1.29, 1.82) is 5.26 Å². The third-order valence-electron chi connectivity index (χ3n) is 5.08. The largest absolute Gasteiger partial charge is 0.489 e. The minimum atomic E-state index is -0.434. The van der Waals surface area contributed by atoms with Crippen molar-refractivity contribution in [2.24, 2.45) is 5.73 Å². The molecular formula is C23H21ClN4O2. The fraction of sp³-hybridized carbons (Fsp3) is 0.217. The summed E-state index contributed by atoms with van der Waals surface area (Å²) < 4.78 is 11.8. The zero-order valence-electron chi connectivity index (χ0n) is 16.6. The van der Waals surface area contributed by atoms with Crippen LogP contribution in [-0.4, -0.2) is 10.2 Å². The first-order valence-electron chi connectivity index (χ1n) is 9.61. The molecule has 4 rings (SSSR count). The lowest BCUT2D eigenvalue weighted by Crippen LogP contribution is -2.22. The maximum Gasteiger partial charge on any atom is 0.244 e. The molecule has 0 saturated heterocycles. The first kappa shape index (κ1) is 19.9. The molecule has 30 heavy (non-hydrogen) atoms. The van der Waals surface area contributed by atoms with E-state index in [2.05, 4.69) is 30.1 Å². The predicted octanol–water partition coefficient (Wildman–Crippen LogP) is 4.98. The number of para-hydroxylation sites is 1. The summed E-state index contributed by atoms with van der Waals surface area (Å²) in [5.41, 5.74) is 9.96. The van der Waals surface area contributed by atoms with Gasteiger partial charge in [-0.2, -0.15) is 5.26 Å². The number of hydrogen-bond donors (Lipinski definition) is 2. The molecule has 1 unspecified atom stereocenters. The van der Waals surface area contributed by atoms with E-state index in [1.165, 1.54) is 0 Å². The van der Waals surface area contributed by atoms with Gasteiger partial charge in [-0.05, 0) is 29.7 Å².